The van der Waals surface area contributed by atoms with Crippen molar-refractivity contribution in [3.63, 3.8) is 0 Å². The molecule has 0 N–H and O–H groups in total. The first-order valence-corrected chi connectivity index (χ1v) is 5.90. The van der Waals surface area contributed by atoms with E-state index in [4.69, 9.17) is 4.42 Å². The van der Waals surface area contributed by atoms with E-state index in [1.807, 2.05) is 18.2 Å². The molecule has 0 bridgehead atoms. The molecule has 0 saturated heterocycles. The molecule has 0 fully saturated rings. The number of allylic oxidation sites excluding steroid dienone is 1. The zero-order chi connectivity index (χ0) is 12.8. The first kappa shape index (κ1) is 12.3. The third kappa shape index (κ3) is 3.42. The molecule has 0 aliphatic carbocycles. The van der Waals surface area contributed by atoms with Gasteiger partial charge in [-0.15, -0.1) is 0 Å². The molecule has 1 heterocycles. The second-order valence-corrected chi connectivity index (χ2v) is 4.19. The van der Waals surface area contributed by atoms with E-state index in [0.29, 0.717) is 24.3 Å². The molecule has 0 atom stereocenters. The highest BCUT2D eigenvalue weighted by Crippen LogP contribution is 2.12. The lowest BCUT2D eigenvalue weighted by atomic mass is 10.1. The largest absolute Gasteiger partial charge is 0.448 e. The van der Waals surface area contributed by atoms with E-state index in [0.717, 1.165) is 6.42 Å². The van der Waals surface area contributed by atoms with Crippen LogP contribution < -0.4 is 0 Å². The molecule has 2 aromatic rings. The minimum Gasteiger partial charge on any atom is -0.448 e. The summed E-state index contributed by atoms with van der Waals surface area (Å²) in [6.07, 6.45) is 5.80. The minimum atomic E-state index is 0.356. The van der Waals surface area contributed by atoms with Gasteiger partial charge in [-0.25, -0.2) is 4.98 Å². The van der Waals surface area contributed by atoms with E-state index in [9.17, 15) is 4.79 Å². The summed E-state index contributed by atoms with van der Waals surface area (Å²) in [5, 5.41) is 0. The Morgan fingerprint density at radius 2 is 2.11 bits per heavy atom. The number of rotatable bonds is 5. The van der Waals surface area contributed by atoms with Crippen molar-refractivity contribution in [1.82, 2.24) is 4.98 Å². The molecule has 0 aliphatic heterocycles. The molecule has 3 heteroatoms. The minimum absolute atomic E-state index is 0.356. The Morgan fingerprint density at radius 3 is 2.78 bits per heavy atom. The van der Waals surface area contributed by atoms with Crippen LogP contribution in [0.4, 0.5) is 0 Å². The Hall–Kier alpha value is -2.16. The van der Waals surface area contributed by atoms with Crippen molar-refractivity contribution >= 4 is 12.4 Å². The fourth-order valence-electron chi connectivity index (χ4n) is 1.70. The van der Waals surface area contributed by atoms with Crippen LogP contribution in [0.2, 0.25) is 0 Å². The Bertz CT molecular complexity index is 541. The van der Waals surface area contributed by atoms with E-state index in [-0.39, 0.29) is 0 Å². The quantitative estimate of drug-likeness (QED) is 0.752. The van der Waals surface area contributed by atoms with Crippen LogP contribution in [0, 0.1) is 0 Å². The number of aryl methyl sites for hydroxylation is 1. The van der Waals surface area contributed by atoms with Crippen LogP contribution in [0.3, 0.4) is 0 Å². The highest BCUT2D eigenvalue weighted by molar-refractivity contribution is 5.70. The second kappa shape index (κ2) is 5.96. The summed E-state index contributed by atoms with van der Waals surface area (Å²) < 4.78 is 5.19. The van der Waals surface area contributed by atoms with Crippen LogP contribution >= 0.6 is 0 Å². The molecule has 0 unspecified atom stereocenters. The molecule has 1 aromatic carbocycles. The summed E-state index contributed by atoms with van der Waals surface area (Å²) >= 11 is 0. The fourth-order valence-corrected chi connectivity index (χ4v) is 1.70. The Labute approximate surface area is 106 Å². The summed E-state index contributed by atoms with van der Waals surface area (Å²) in [6.45, 7) is 2.08. The van der Waals surface area contributed by atoms with Crippen LogP contribution in [-0.2, 0) is 6.42 Å². The molecule has 2 rings (SSSR count). The first-order chi connectivity index (χ1) is 8.78. The van der Waals surface area contributed by atoms with Crippen LogP contribution in [0.1, 0.15) is 35.3 Å². The van der Waals surface area contributed by atoms with Crippen LogP contribution in [0.25, 0.3) is 6.08 Å². The third-order valence-corrected chi connectivity index (χ3v) is 2.64. The molecule has 0 saturated carbocycles. The lowest BCUT2D eigenvalue weighted by molar-refractivity contribution is 0.111. The summed E-state index contributed by atoms with van der Waals surface area (Å²) in [5.41, 5.74) is 2.80. The molecular weight excluding hydrogens is 226 g/mol. The van der Waals surface area contributed by atoms with Gasteiger partial charge < -0.3 is 4.42 Å². The standard InChI is InChI=1S/C15H15NO2/c1-12(9-13-5-3-2-4-6-13)7-8-15-16-14(10-17)11-18-15/h2-6,9-11H,7-8H2,1H3/b12-9+. The maximum atomic E-state index is 10.5. The molecule has 0 aliphatic rings. The number of aromatic nitrogens is 1. The monoisotopic (exact) mass is 241 g/mol. The number of nitrogens with zero attached hydrogens (tertiary/aromatic N) is 1. The van der Waals surface area contributed by atoms with E-state index in [1.165, 1.54) is 17.4 Å². The average Bonchev–Trinajstić information content (AvgIpc) is 2.85. The first-order valence-electron chi connectivity index (χ1n) is 5.90. The molecule has 0 spiro atoms. The summed E-state index contributed by atoms with van der Waals surface area (Å²) in [4.78, 5) is 14.5. The Kier molecular flexibility index (Phi) is 4.07. The third-order valence-electron chi connectivity index (χ3n) is 2.64. The zero-order valence-electron chi connectivity index (χ0n) is 10.3. The number of oxazole rings is 1. The molecule has 0 radical (unpaired) electrons. The topological polar surface area (TPSA) is 43.1 Å². The number of benzene rings is 1. The van der Waals surface area contributed by atoms with Gasteiger partial charge in [-0.05, 0) is 18.9 Å². The van der Waals surface area contributed by atoms with Crippen molar-refractivity contribution < 1.29 is 9.21 Å². The van der Waals surface area contributed by atoms with Gasteiger partial charge in [-0.1, -0.05) is 42.0 Å². The van der Waals surface area contributed by atoms with Gasteiger partial charge in [0.15, 0.2) is 12.2 Å². The summed E-state index contributed by atoms with van der Waals surface area (Å²) in [6, 6.07) is 10.2. The van der Waals surface area contributed by atoms with Crippen molar-refractivity contribution in [2.45, 2.75) is 19.8 Å². The fraction of sp³-hybridized carbons (Fsp3) is 0.200. The van der Waals surface area contributed by atoms with Crippen molar-refractivity contribution in [2.75, 3.05) is 0 Å². The van der Waals surface area contributed by atoms with Crippen LogP contribution in [0.5, 0.6) is 0 Å². The molecule has 1 aromatic heterocycles. The van der Waals surface area contributed by atoms with Crippen molar-refractivity contribution in [3.8, 4) is 0 Å². The average molecular weight is 241 g/mol. The van der Waals surface area contributed by atoms with Gasteiger partial charge in [0.25, 0.3) is 0 Å². The normalized spacial score (nSPS) is 11.5. The molecule has 92 valence electrons. The van der Waals surface area contributed by atoms with Crippen molar-refractivity contribution in [2.24, 2.45) is 0 Å². The molecule has 3 nitrogen and oxygen atoms in total. The van der Waals surface area contributed by atoms with E-state index < -0.39 is 0 Å². The van der Waals surface area contributed by atoms with Crippen molar-refractivity contribution in [3.05, 3.63) is 59.3 Å². The van der Waals surface area contributed by atoms with Gasteiger partial charge in [0.05, 0.1) is 0 Å². The van der Waals surface area contributed by atoms with Crippen LogP contribution in [0.15, 0.2) is 46.6 Å². The lowest BCUT2D eigenvalue weighted by Crippen LogP contribution is -1.88. The predicted octanol–water partition coefficient (Wildman–Crippen LogP) is 3.52. The molecule has 0 amide bonds. The maximum absolute atomic E-state index is 10.5. The van der Waals surface area contributed by atoms with E-state index in [1.54, 1.807) is 0 Å². The highest BCUT2D eigenvalue weighted by Gasteiger charge is 2.03. The number of hydrogen-bond donors (Lipinski definition) is 0. The number of carbonyl (C=O) groups is 1. The van der Waals surface area contributed by atoms with Gasteiger partial charge in [0.1, 0.15) is 12.0 Å². The number of hydrogen-bond acceptors (Lipinski definition) is 3. The van der Waals surface area contributed by atoms with Gasteiger partial charge in [0.2, 0.25) is 0 Å². The van der Waals surface area contributed by atoms with Gasteiger partial charge >= 0.3 is 0 Å². The number of carbonyl (C=O) groups excluding carboxylic acids is 1. The van der Waals surface area contributed by atoms with Crippen molar-refractivity contribution in [1.29, 1.82) is 0 Å². The van der Waals surface area contributed by atoms with E-state index in [2.05, 4.69) is 30.1 Å². The Morgan fingerprint density at radius 1 is 1.33 bits per heavy atom. The smallest absolute Gasteiger partial charge is 0.194 e. The molecular formula is C15H15NO2. The van der Waals surface area contributed by atoms with E-state index >= 15 is 0 Å². The van der Waals surface area contributed by atoms with Crippen LogP contribution in [-0.4, -0.2) is 11.3 Å². The second-order valence-electron chi connectivity index (χ2n) is 4.19. The number of aldehydes is 1. The summed E-state index contributed by atoms with van der Waals surface area (Å²) in [7, 11) is 0. The maximum Gasteiger partial charge on any atom is 0.194 e. The summed E-state index contributed by atoms with van der Waals surface area (Å²) in [5.74, 6) is 0.609. The van der Waals surface area contributed by atoms with Gasteiger partial charge in [-0.3, -0.25) is 4.79 Å². The highest BCUT2D eigenvalue weighted by atomic mass is 16.3. The molecule has 18 heavy (non-hydrogen) atoms. The van der Waals surface area contributed by atoms with Gasteiger partial charge in [-0.2, -0.15) is 0 Å². The Balaban J connectivity index is 1.93. The van der Waals surface area contributed by atoms with Gasteiger partial charge in [0, 0.05) is 6.42 Å². The lowest BCUT2D eigenvalue weighted by Gasteiger charge is -1.99. The predicted molar refractivity (Wildman–Crippen MR) is 70.3 cm³/mol. The SMILES string of the molecule is C/C(=C\c1ccccc1)CCc1nc(C=O)co1. The zero-order valence-corrected chi connectivity index (χ0v) is 10.3.